The normalized spacial score (nSPS) is 12.2. The molecule has 146 valence electrons. The molecule has 0 aliphatic rings. The number of pyridine rings is 1. The van der Waals surface area contributed by atoms with E-state index < -0.39 is 34.4 Å². The zero-order valence-electron chi connectivity index (χ0n) is 14.7. The number of aromatic carboxylic acids is 1. The van der Waals surface area contributed by atoms with E-state index in [-0.39, 0.29) is 34.9 Å². The average Bonchev–Trinajstić information content (AvgIpc) is 2.61. The number of hydrogen-bond donors (Lipinski definition) is 3. The highest BCUT2D eigenvalue weighted by Crippen LogP contribution is 2.26. The molecule has 1 heterocycles. The lowest BCUT2D eigenvalue weighted by molar-refractivity contribution is 0.0695. The number of anilines is 1. The Balaban J connectivity index is 2.36. The largest absolute Gasteiger partial charge is 0.477 e. The second-order valence-electron chi connectivity index (χ2n) is 6.35. The molecule has 0 aliphatic carbocycles. The highest BCUT2D eigenvalue weighted by atomic mass is 19.1. The minimum atomic E-state index is -1.55. The van der Waals surface area contributed by atoms with Crippen LogP contribution in [-0.2, 0) is 0 Å². The Labute approximate surface area is 157 Å². The number of carbonyl (C=O) groups is 1. The van der Waals surface area contributed by atoms with Crippen LogP contribution in [0.1, 0.15) is 17.3 Å². The summed E-state index contributed by atoms with van der Waals surface area (Å²) >= 11 is 0. The number of nitrogens with zero attached hydrogens (tertiary/aromatic N) is 1. The minimum absolute atomic E-state index is 0.00328. The number of benzene rings is 2. The molecule has 0 saturated heterocycles. The lowest BCUT2D eigenvalue weighted by Crippen LogP contribution is -2.25. The van der Waals surface area contributed by atoms with Gasteiger partial charge in [0.05, 0.1) is 16.9 Å². The van der Waals surface area contributed by atoms with Crippen molar-refractivity contribution in [1.82, 2.24) is 4.57 Å². The molecule has 1 unspecified atom stereocenters. The van der Waals surface area contributed by atoms with Gasteiger partial charge in [-0.15, -0.1) is 0 Å². The Morgan fingerprint density at radius 3 is 2.54 bits per heavy atom. The number of carboxylic acid groups (broad SMARTS) is 1. The van der Waals surface area contributed by atoms with Gasteiger partial charge in [-0.25, -0.2) is 18.0 Å². The van der Waals surface area contributed by atoms with Gasteiger partial charge in [-0.3, -0.25) is 4.79 Å². The second kappa shape index (κ2) is 7.35. The third kappa shape index (κ3) is 3.56. The molecule has 1 atom stereocenters. The van der Waals surface area contributed by atoms with Crippen molar-refractivity contribution in [2.75, 3.05) is 11.9 Å². The van der Waals surface area contributed by atoms with Crippen LogP contribution in [0.25, 0.3) is 16.6 Å². The minimum Gasteiger partial charge on any atom is -0.477 e. The number of nitrogens with two attached hydrogens (primary N) is 1. The predicted octanol–water partition coefficient (Wildman–Crippen LogP) is 2.87. The summed E-state index contributed by atoms with van der Waals surface area (Å²) in [5, 5.41) is 11.8. The molecule has 2 aromatic carbocycles. The third-order valence-electron chi connectivity index (χ3n) is 4.11. The van der Waals surface area contributed by atoms with E-state index in [1.165, 1.54) is 6.07 Å². The Morgan fingerprint density at radius 1 is 1.21 bits per heavy atom. The van der Waals surface area contributed by atoms with E-state index in [1.807, 2.05) is 0 Å². The Bertz CT molecular complexity index is 1140. The van der Waals surface area contributed by atoms with Crippen molar-refractivity contribution in [3.63, 3.8) is 0 Å². The van der Waals surface area contributed by atoms with Gasteiger partial charge in [0.15, 0.2) is 0 Å². The molecule has 3 aromatic rings. The number of hydrogen-bond acceptors (Lipinski definition) is 4. The van der Waals surface area contributed by atoms with Gasteiger partial charge in [-0.05, 0) is 31.2 Å². The first-order chi connectivity index (χ1) is 13.2. The lowest BCUT2D eigenvalue weighted by Gasteiger charge is -2.16. The van der Waals surface area contributed by atoms with Crippen LogP contribution < -0.4 is 16.5 Å². The van der Waals surface area contributed by atoms with Crippen molar-refractivity contribution < 1.29 is 23.1 Å². The molecule has 0 amide bonds. The van der Waals surface area contributed by atoms with E-state index in [4.69, 9.17) is 5.73 Å². The molecular weight excluding hydrogens is 375 g/mol. The van der Waals surface area contributed by atoms with Crippen molar-refractivity contribution in [2.45, 2.75) is 13.0 Å². The van der Waals surface area contributed by atoms with Crippen molar-refractivity contribution in [3.8, 4) is 5.69 Å². The molecule has 0 saturated carbocycles. The summed E-state index contributed by atoms with van der Waals surface area (Å²) in [6.07, 6.45) is 0.927. The first-order valence-corrected chi connectivity index (χ1v) is 8.26. The Kier molecular flexibility index (Phi) is 5.10. The lowest BCUT2D eigenvalue weighted by atomic mass is 10.1. The molecule has 0 radical (unpaired) electrons. The van der Waals surface area contributed by atoms with Crippen molar-refractivity contribution in [2.24, 2.45) is 5.73 Å². The van der Waals surface area contributed by atoms with Gasteiger partial charge in [0.1, 0.15) is 23.0 Å². The average molecular weight is 391 g/mol. The molecule has 0 aliphatic heterocycles. The molecule has 4 N–H and O–H groups in total. The van der Waals surface area contributed by atoms with Gasteiger partial charge in [0.2, 0.25) is 5.43 Å². The van der Waals surface area contributed by atoms with E-state index in [1.54, 1.807) is 6.92 Å². The number of aromatic nitrogens is 1. The number of halogens is 3. The van der Waals surface area contributed by atoms with Gasteiger partial charge in [-0.1, -0.05) is 0 Å². The van der Waals surface area contributed by atoms with E-state index >= 15 is 0 Å². The molecule has 0 fully saturated rings. The number of rotatable bonds is 5. The number of carboxylic acids is 1. The summed E-state index contributed by atoms with van der Waals surface area (Å²) in [6, 6.07) is 4.55. The van der Waals surface area contributed by atoms with Crippen LogP contribution in [0.15, 0.2) is 41.3 Å². The van der Waals surface area contributed by atoms with Crippen LogP contribution in [0.5, 0.6) is 0 Å². The van der Waals surface area contributed by atoms with Crippen LogP contribution in [0, 0.1) is 17.5 Å². The zero-order chi connectivity index (χ0) is 20.6. The zero-order valence-corrected chi connectivity index (χ0v) is 14.7. The first-order valence-electron chi connectivity index (χ1n) is 8.26. The molecule has 28 heavy (non-hydrogen) atoms. The van der Waals surface area contributed by atoms with Gasteiger partial charge < -0.3 is 20.7 Å². The topological polar surface area (TPSA) is 97.3 Å². The van der Waals surface area contributed by atoms with Crippen LogP contribution in [0.2, 0.25) is 0 Å². The van der Waals surface area contributed by atoms with E-state index in [2.05, 4.69) is 5.32 Å². The Morgan fingerprint density at radius 2 is 1.93 bits per heavy atom. The molecule has 9 heteroatoms. The van der Waals surface area contributed by atoms with Gasteiger partial charge in [0.25, 0.3) is 0 Å². The fraction of sp³-hybridized carbons (Fsp3) is 0.158. The molecular formula is C19H16F3N3O3. The summed E-state index contributed by atoms with van der Waals surface area (Å²) in [4.78, 5) is 23.9. The summed E-state index contributed by atoms with van der Waals surface area (Å²) in [7, 11) is 0. The highest BCUT2D eigenvalue weighted by molar-refractivity contribution is 5.94. The monoisotopic (exact) mass is 391 g/mol. The maximum atomic E-state index is 14.4. The summed E-state index contributed by atoms with van der Waals surface area (Å²) in [6.45, 7) is 1.93. The number of nitrogens with one attached hydrogen (secondary N) is 1. The van der Waals surface area contributed by atoms with Crippen molar-refractivity contribution >= 4 is 22.6 Å². The van der Waals surface area contributed by atoms with Crippen molar-refractivity contribution in [1.29, 1.82) is 0 Å². The molecule has 0 spiro atoms. The fourth-order valence-electron chi connectivity index (χ4n) is 2.78. The van der Waals surface area contributed by atoms with E-state index in [9.17, 15) is 27.9 Å². The summed E-state index contributed by atoms with van der Waals surface area (Å²) < 4.78 is 43.1. The quantitative estimate of drug-likeness (QED) is 0.621. The maximum absolute atomic E-state index is 14.4. The smallest absolute Gasteiger partial charge is 0.341 e. The summed E-state index contributed by atoms with van der Waals surface area (Å²) in [5.74, 6) is -4.15. The van der Waals surface area contributed by atoms with Gasteiger partial charge in [0, 0.05) is 30.2 Å². The molecule has 1 aromatic heterocycles. The number of fused-ring (bicyclic) bond motifs is 1. The first kappa shape index (κ1) is 19.4. The van der Waals surface area contributed by atoms with Crippen LogP contribution in [0.4, 0.5) is 18.9 Å². The SMILES string of the molecule is CC(N)CNc1cc2c(cc1F)c(=O)c(C(=O)O)cn2-c1ccc(F)cc1F. The van der Waals surface area contributed by atoms with Crippen LogP contribution in [0.3, 0.4) is 0 Å². The fourth-order valence-corrected chi connectivity index (χ4v) is 2.78. The van der Waals surface area contributed by atoms with E-state index in [0.29, 0.717) is 6.07 Å². The van der Waals surface area contributed by atoms with Gasteiger partial charge >= 0.3 is 5.97 Å². The second-order valence-corrected chi connectivity index (χ2v) is 6.35. The summed E-state index contributed by atoms with van der Waals surface area (Å²) in [5.41, 5.74) is 3.91. The van der Waals surface area contributed by atoms with E-state index in [0.717, 1.165) is 29.0 Å². The maximum Gasteiger partial charge on any atom is 0.341 e. The van der Waals surface area contributed by atoms with Crippen LogP contribution >= 0.6 is 0 Å². The Hall–Kier alpha value is -3.33. The standard InChI is InChI=1S/C19H16F3N3O3/c1-9(23)7-24-15-6-17-11(5-13(15)21)18(26)12(19(27)28)8-25(17)16-3-2-10(20)4-14(16)22/h2-6,8-9,24H,7,23H2,1H3,(H,27,28). The van der Waals surface area contributed by atoms with Gasteiger partial charge in [-0.2, -0.15) is 0 Å². The molecule has 3 rings (SSSR count). The molecule has 6 nitrogen and oxygen atoms in total. The highest BCUT2D eigenvalue weighted by Gasteiger charge is 2.19. The van der Waals surface area contributed by atoms with Crippen LogP contribution in [-0.4, -0.2) is 28.2 Å². The third-order valence-corrected chi connectivity index (χ3v) is 4.11. The van der Waals surface area contributed by atoms with Crippen molar-refractivity contribution in [3.05, 3.63) is 69.8 Å². The predicted molar refractivity (Wildman–Crippen MR) is 98.5 cm³/mol. The molecule has 0 bridgehead atoms.